The quantitative estimate of drug-likeness (QED) is 0.833. The number of anilines is 1. The van der Waals surface area contributed by atoms with Gasteiger partial charge in [0.15, 0.2) is 9.84 Å². The number of hydrogen-bond donors (Lipinski definition) is 1. The average Bonchev–Trinajstić information content (AvgIpc) is 3.00. The number of rotatable bonds is 5. The standard InChI is InChI=1S/C17H19ClN4O3S/c1-22(14-6-7-26(24,25)10-14)17(23)15-8-16(21-11-20-15)19-9-12-2-4-13(18)5-3-12/h2-5,8,11,14H,6-7,9-10H2,1H3,(H,19,20,21). The minimum atomic E-state index is -3.06. The molecule has 1 amide bonds. The summed E-state index contributed by atoms with van der Waals surface area (Å²) in [6, 6.07) is 8.66. The average molecular weight is 395 g/mol. The Bertz CT molecular complexity index is 902. The van der Waals surface area contributed by atoms with E-state index in [0.29, 0.717) is 23.8 Å². The van der Waals surface area contributed by atoms with Crippen molar-refractivity contribution in [1.29, 1.82) is 0 Å². The molecular weight excluding hydrogens is 376 g/mol. The normalized spacial score (nSPS) is 18.5. The maximum Gasteiger partial charge on any atom is 0.272 e. The fraction of sp³-hybridized carbons (Fsp3) is 0.353. The Hall–Kier alpha value is -2.19. The largest absolute Gasteiger partial charge is 0.366 e. The summed E-state index contributed by atoms with van der Waals surface area (Å²) in [5, 5.41) is 3.80. The molecule has 0 radical (unpaired) electrons. The van der Waals surface area contributed by atoms with E-state index in [1.807, 2.05) is 12.1 Å². The maximum absolute atomic E-state index is 12.6. The van der Waals surface area contributed by atoms with Gasteiger partial charge in [-0.05, 0) is 24.1 Å². The molecule has 1 aliphatic rings. The minimum Gasteiger partial charge on any atom is -0.366 e. The molecule has 2 heterocycles. The molecule has 1 aromatic heterocycles. The highest BCUT2D eigenvalue weighted by atomic mass is 35.5. The molecule has 1 atom stereocenters. The second-order valence-electron chi connectivity index (χ2n) is 6.24. The van der Waals surface area contributed by atoms with Gasteiger partial charge in [0.2, 0.25) is 0 Å². The first-order chi connectivity index (χ1) is 12.3. The number of amides is 1. The van der Waals surface area contributed by atoms with Crippen molar-refractivity contribution in [3.05, 3.63) is 52.9 Å². The van der Waals surface area contributed by atoms with Gasteiger partial charge in [-0.15, -0.1) is 0 Å². The molecule has 1 aliphatic heterocycles. The Labute approximate surface area is 157 Å². The molecule has 9 heteroatoms. The van der Waals surface area contributed by atoms with Crippen molar-refractivity contribution >= 4 is 33.2 Å². The number of carbonyl (C=O) groups is 1. The number of nitrogens with zero attached hydrogens (tertiary/aromatic N) is 3. The molecule has 0 bridgehead atoms. The van der Waals surface area contributed by atoms with Gasteiger partial charge in [0.25, 0.3) is 5.91 Å². The fourth-order valence-electron chi connectivity index (χ4n) is 2.79. The van der Waals surface area contributed by atoms with Crippen molar-refractivity contribution in [1.82, 2.24) is 14.9 Å². The van der Waals surface area contributed by atoms with Crippen LogP contribution in [0, 0.1) is 0 Å². The lowest BCUT2D eigenvalue weighted by Gasteiger charge is -2.23. The van der Waals surface area contributed by atoms with Crippen LogP contribution in [0.25, 0.3) is 0 Å². The molecule has 1 fully saturated rings. The predicted octanol–water partition coefficient (Wildman–Crippen LogP) is 2.00. The van der Waals surface area contributed by atoms with Crippen molar-refractivity contribution < 1.29 is 13.2 Å². The summed E-state index contributed by atoms with van der Waals surface area (Å²) in [6.45, 7) is 0.526. The number of aromatic nitrogens is 2. The van der Waals surface area contributed by atoms with Crippen LogP contribution in [0.5, 0.6) is 0 Å². The molecule has 7 nitrogen and oxygen atoms in total. The topological polar surface area (TPSA) is 92.3 Å². The summed E-state index contributed by atoms with van der Waals surface area (Å²) in [4.78, 5) is 22.2. The van der Waals surface area contributed by atoms with E-state index in [0.717, 1.165) is 5.56 Å². The van der Waals surface area contributed by atoms with Gasteiger partial charge < -0.3 is 10.2 Å². The number of hydrogen-bond acceptors (Lipinski definition) is 6. The first kappa shape index (κ1) is 18.6. The smallest absolute Gasteiger partial charge is 0.272 e. The Morgan fingerprint density at radius 1 is 1.31 bits per heavy atom. The van der Waals surface area contributed by atoms with Gasteiger partial charge in [-0.25, -0.2) is 18.4 Å². The summed E-state index contributed by atoms with van der Waals surface area (Å²) < 4.78 is 23.2. The third kappa shape index (κ3) is 4.50. The molecule has 138 valence electrons. The van der Waals surface area contributed by atoms with Crippen molar-refractivity contribution in [2.75, 3.05) is 23.9 Å². The molecular formula is C17H19ClN4O3S. The Morgan fingerprint density at radius 2 is 2.04 bits per heavy atom. The van der Waals surface area contributed by atoms with Gasteiger partial charge in [-0.3, -0.25) is 4.79 Å². The summed E-state index contributed by atoms with van der Waals surface area (Å²) in [6.07, 6.45) is 1.77. The van der Waals surface area contributed by atoms with Gasteiger partial charge in [-0.1, -0.05) is 23.7 Å². The summed E-state index contributed by atoms with van der Waals surface area (Å²) >= 11 is 5.86. The Morgan fingerprint density at radius 3 is 2.69 bits per heavy atom. The molecule has 1 saturated heterocycles. The number of nitrogens with one attached hydrogen (secondary N) is 1. The van der Waals surface area contributed by atoms with Crippen LogP contribution >= 0.6 is 11.6 Å². The Kier molecular flexibility index (Phi) is 5.43. The van der Waals surface area contributed by atoms with E-state index >= 15 is 0 Å². The lowest BCUT2D eigenvalue weighted by molar-refractivity contribution is 0.0741. The van der Waals surface area contributed by atoms with E-state index in [1.54, 1.807) is 25.2 Å². The third-order valence-corrected chi connectivity index (χ3v) is 6.35. The van der Waals surface area contributed by atoms with Crippen molar-refractivity contribution in [3.8, 4) is 0 Å². The van der Waals surface area contributed by atoms with E-state index in [4.69, 9.17) is 11.6 Å². The summed E-state index contributed by atoms with van der Waals surface area (Å²) in [7, 11) is -1.45. The molecule has 1 unspecified atom stereocenters. The fourth-order valence-corrected chi connectivity index (χ4v) is 4.69. The monoisotopic (exact) mass is 394 g/mol. The van der Waals surface area contributed by atoms with E-state index < -0.39 is 9.84 Å². The molecule has 1 N–H and O–H groups in total. The highest BCUT2D eigenvalue weighted by Gasteiger charge is 2.33. The first-order valence-corrected chi connectivity index (χ1v) is 10.3. The molecule has 26 heavy (non-hydrogen) atoms. The van der Waals surface area contributed by atoms with Crippen LogP contribution in [-0.4, -0.2) is 53.8 Å². The van der Waals surface area contributed by atoms with E-state index in [2.05, 4.69) is 15.3 Å². The molecule has 2 aromatic rings. The van der Waals surface area contributed by atoms with Crippen molar-refractivity contribution in [3.63, 3.8) is 0 Å². The van der Waals surface area contributed by atoms with Crippen LogP contribution in [0.1, 0.15) is 22.5 Å². The van der Waals surface area contributed by atoms with Crippen LogP contribution < -0.4 is 5.32 Å². The van der Waals surface area contributed by atoms with Crippen LogP contribution in [0.2, 0.25) is 5.02 Å². The highest BCUT2D eigenvalue weighted by Crippen LogP contribution is 2.19. The number of carbonyl (C=O) groups excluding carboxylic acids is 1. The summed E-state index contributed by atoms with van der Waals surface area (Å²) in [5.41, 5.74) is 1.25. The summed E-state index contributed by atoms with van der Waals surface area (Å²) in [5.74, 6) is 0.324. The zero-order valence-electron chi connectivity index (χ0n) is 14.2. The van der Waals surface area contributed by atoms with Crippen LogP contribution in [0.4, 0.5) is 5.82 Å². The number of sulfone groups is 1. The minimum absolute atomic E-state index is 0.00198. The van der Waals surface area contributed by atoms with Gasteiger partial charge in [0.05, 0.1) is 11.5 Å². The van der Waals surface area contributed by atoms with Gasteiger partial charge >= 0.3 is 0 Å². The molecule has 0 saturated carbocycles. The zero-order valence-corrected chi connectivity index (χ0v) is 15.8. The first-order valence-electron chi connectivity index (χ1n) is 8.12. The maximum atomic E-state index is 12.6. The molecule has 0 aliphatic carbocycles. The van der Waals surface area contributed by atoms with Crippen molar-refractivity contribution in [2.45, 2.75) is 19.0 Å². The molecule has 1 aromatic carbocycles. The van der Waals surface area contributed by atoms with Gasteiger partial charge in [0, 0.05) is 30.7 Å². The number of benzene rings is 1. The predicted molar refractivity (Wildman–Crippen MR) is 100.0 cm³/mol. The van der Waals surface area contributed by atoms with Crippen LogP contribution in [0.3, 0.4) is 0 Å². The SMILES string of the molecule is CN(C(=O)c1cc(NCc2ccc(Cl)cc2)ncn1)C1CCS(=O)(=O)C1. The van der Waals surface area contributed by atoms with Crippen LogP contribution in [-0.2, 0) is 16.4 Å². The Balaban J connectivity index is 1.66. The second-order valence-corrected chi connectivity index (χ2v) is 8.91. The molecule has 0 spiro atoms. The van der Waals surface area contributed by atoms with Crippen molar-refractivity contribution in [2.24, 2.45) is 0 Å². The number of halogens is 1. The van der Waals surface area contributed by atoms with E-state index in [1.165, 1.54) is 11.2 Å². The lowest BCUT2D eigenvalue weighted by atomic mass is 10.2. The van der Waals surface area contributed by atoms with Crippen LogP contribution in [0.15, 0.2) is 36.7 Å². The van der Waals surface area contributed by atoms with E-state index in [-0.39, 0.29) is 29.1 Å². The third-order valence-electron chi connectivity index (χ3n) is 4.35. The zero-order chi connectivity index (χ0) is 18.7. The second kappa shape index (κ2) is 7.59. The lowest BCUT2D eigenvalue weighted by Crippen LogP contribution is -2.38. The van der Waals surface area contributed by atoms with E-state index in [9.17, 15) is 13.2 Å². The highest BCUT2D eigenvalue weighted by molar-refractivity contribution is 7.91. The van der Waals surface area contributed by atoms with Gasteiger partial charge in [-0.2, -0.15) is 0 Å². The molecule has 3 rings (SSSR count). The van der Waals surface area contributed by atoms with Gasteiger partial charge in [0.1, 0.15) is 17.8 Å².